The van der Waals surface area contributed by atoms with Crippen molar-refractivity contribution in [3.63, 3.8) is 0 Å². The Kier molecular flexibility index (Phi) is 6.07. The molecule has 3 aromatic rings. The lowest BCUT2D eigenvalue weighted by molar-refractivity contribution is -0.158. The summed E-state index contributed by atoms with van der Waals surface area (Å²) in [6, 6.07) is 14.2. The molecule has 0 bridgehead atoms. The van der Waals surface area contributed by atoms with Crippen LogP contribution in [0, 0.1) is 0 Å². The summed E-state index contributed by atoms with van der Waals surface area (Å²) in [5.41, 5.74) is 5.71. The third-order valence-electron chi connectivity index (χ3n) is 8.08. The number of nitrogens with zero attached hydrogens (tertiary/aromatic N) is 2. The van der Waals surface area contributed by atoms with E-state index < -0.39 is 18.1 Å². The van der Waals surface area contributed by atoms with Crippen molar-refractivity contribution >= 4 is 28.7 Å². The van der Waals surface area contributed by atoms with Crippen molar-refractivity contribution in [3.05, 3.63) is 82.6 Å². The predicted molar refractivity (Wildman–Crippen MR) is 140 cm³/mol. The average Bonchev–Trinajstić information content (AvgIpc) is 3.31. The van der Waals surface area contributed by atoms with Crippen LogP contribution in [0.15, 0.2) is 60.2 Å². The van der Waals surface area contributed by atoms with Crippen LogP contribution in [0.3, 0.4) is 0 Å². The van der Waals surface area contributed by atoms with Crippen LogP contribution in [0.4, 0.5) is 0 Å². The number of nitrogens with one attached hydrogen (secondary N) is 1. The number of para-hydroxylation sites is 1. The van der Waals surface area contributed by atoms with E-state index >= 15 is 0 Å². The molecule has 2 amide bonds. The number of aromatic amines is 1. The Morgan fingerprint density at radius 1 is 1.08 bits per heavy atom. The lowest BCUT2D eigenvalue weighted by atomic mass is 9.86. The van der Waals surface area contributed by atoms with Gasteiger partial charge in [0.1, 0.15) is 6.04 Å². The van der Waals surface area contributed by atoms with Crippen LogP contribution in [0.5, 0.6) is 0 Å². The number of methoxy groups -OCH3 is 1. The predicted octanol–water partition coefficient (Wildman–Crippen LogP) is 4.53. The van der Waals surface area contributed by atoms with E-state index in [1.807, 2.05) is 30.3 Å². The molecule has 190 valence electrons. The number of benzene rings is 2. The fourth-order valence-electron chi connectivity index (χ4n) is 6.19. The number of ether oxygens (including phenoxy) is 1. The number of allylic oxidation sites excluding steroid dienone is 1. The smallest absolute Gasteiger partial charge is 0.337 e. The van der Waals surface area contributed by atoms with Gasteiger partial charge in [-0.1, -0.05) is 42.0 Å². The minimum absolute atomic E-state index is 0.0168. The van der Waals surface area contributed by atoms with Crippen molar-refractivity contribution in [2.45, 2.75) is 50.6 Å². The highest BCUT2D eigenvalue weighted by molar-refractivity contribution is 5.97. The third kappa shape index (κ3) is 4.12. The molecule has 1 saturated heterocycles. The maximum atomic E-state index is 13.8. The number of aromatic nitrogens is 1. The van der Waals surface area contributed by atoms with Crippen molar-refractivity contribution < 1.29 is 19.1 Å². The van der Waals surface area contributed by atoms with Crippen molar-refractivity contribution in [3.8, 4) is 0 Å². The van der Waals surface area contributed by atoms with E-state index in [4.69, 9.17) is 4.74 Å². The molecule has 2 atom stereocenters. The van der Waals surface area contributed by atoms with Gasteiger partial charge < -0.3 is 19.5 Å². The maximum Gasteiger partial charge on any atom is 0.337 e. The molecular formula is C30H31N3O4. The van der Waals surface area contributed by atoms with Gasteiger partial charge in [-0.2, -0.15) is 0 Å². The lowest BCUT2D eigenvalue weighted by Gasteiger charge is -2.47. The summed E-state index contributed by atoms with van der Waals surface area (Å²) >= 11 is 0. The zero-order valence-electron chi connectivity index (χ0n) is 21.0. The minimum Gasteiger partial charge on any atom is -0.465 e. The number of carbonyl (C=O) groups excluding carboxylic acids is 3. The van der Waals surface area contributed by atoms with Crippen LogP contribution in [0.1, 0.15) is 65.3 Å². The molecular weight excluding hydrogens is 466 g/mol. The minimum atomic E-state index is -0.557. The number of hydrogen-bond acceptors (Lipinski definition) is 4. The summed E-state index contributed by atoms with van der Waals surface area (Å²) in [5.74, 6) is -0.441. The highest BCUT2D eigenvalue weighted by Crippen LogP contribution is 2.42. The summed E-state index contributed by atoms with van der Waals surface area (Å²) in [6.45, 7) is 0.675. The highest BCUT2D eigenvalue weighted by Gasteiger charge is 2.48. The molecule has 1 aromatic heterocycles. The molecule has 7 nitrogen and oxygen atoms in total. The fourth-order valence-corrected chi connectivity index (χ4v) is 6.19. The van der Waals surface area contributed by atoms with Gasteiger partial charge in [-0.15, -0.1) is 0 Å². The zero-order chi connectivity index (χ0) is 25.5. The average molecular weight is 498 g/mol. The molecule has 37 heavy (non-hydrogen) atoms. The topological polar surface area (TPSA) is 82.7 Å². The molecule has 6 rings (SSSR count). The number of esters is 1. The Morgan fingerprint density at radius 3 is 2.65 bits per heavy atom. The molecule has 3 aliphatic rings. The van der Waals surface area contributed by atoms with Gasteiger partial charge in [0, 0.05) is 29.6 Å². The van der Waals surface area contributed by atoms with Crippen molar-refractivity contribution in [2.75, 3.05) is 20.2 Å². The standard InChI is InChI=1S/C30H31N3O4/c1-37-30(36)21-13-11-20(12-14-21)28-27-23(22-9-5-6-10-24(22)31-27)17-25-29(35)32(18-26(34)33(25)28)16-15-19-7-3-2-4-8-19/h5-7,9-14,25,28,31H,2-4,8,15-18H2,1H3/t25-,28?/m0/s1. The van der Waals surface area contributed by atoms with Crippen LogP contribution in [-0.2, 0) is 20.7 Å². The van der Waals surface area contributed by atoms with E-state index in [-0.39, 0.29) is 18.4 Å². The highest BCUT2D eigenvalue weighted by atomic mass is 16.5. The number of fused-ring (bicyclic) bond motifs is 4. The number of H-pyrrole nitrogens is 1. The number of carbonyl (C=O) groups is 3. The summed E-state index contributed by atoms with van der Waals surface area (Å²) in [5, 5.41) is 1.08. The lowest BCUT2D eigenvalue weighted by Crippen LogP contribution is -2.63. The summed E-state index contributed by atoms with van der Waals surface area (Å²) in [4.78, 5) is 46.6. The summed E-state index contributed by atoms with van der Waals surface area (Å²) in [6.07, 6.45) is 8.26. The second-order valence-corrected chi connectivity index (χ2v) is 10.2. The first-order valence-corrected chi connectivity index (χ1v) is 13.1. The number of hydrogen-bond donors (Lipinski definition) is 1. The van der Waals surface area contributed by atoms with Crippen LogP contribution in [0.25, 0.3) is 10.9 Å². The molecule has 1 aliphatic carbocycles. The monoisotopic (exact) mass is 497 g/mol. The first-order chi connectivity index (χ1) is 18.0. The van der Waals surface area contributed by atoms with Crippen LogP contribution < -0.4 is 0 Å². The van der Waals surface area contributed by atoms with E-state index in [0.29, 0.717) is 18.5 Å². The van der Waals surface area contributed by atoms with Crippen molar-refractivity contribution in [1.29, 1.82) is 0 Å². The summed E-state index contributed by atoms with van der Waals surface area (Å²) < 4.78 is 4.85. The van der Waals surface area contributed by atoms with E-state index in [2.05, 4.69) is 17.1 Å². The van der Waals surface area contributed by atoms with Crippen LogP contribution in [-0.4, -0.2) is 58.8 Å². The normalized spacial score (nSPS) is 21.5. The van der Waals surface area contributed by atoms with Gasteiger partial charge in [-0.05, 0) is 61.4 Å². The van der Waals surface area contributed by atoms with Gasteiger partial charge in [0.05, 0.1) is 25.3 Å². The SMILES string of the molecule is COC(=O)c1ccc(C2c3[nH]c4ccccc4c3C[C@H]3C(=O)N(CCC4=CCCCC4)CC(=O)N23)cc1. The fraction of sp³-hybridized carbons (Fsp3) is 0.367. The third-order valence-corrected chi connectivity index (χ3v) is 8.08. The molecule has 2 aromatic carbocycles. The van der Waals surface area contributed by atoms with E-state index in [1.54, 1.807) is 21.9 Å². The van der Waals surface area contributed by atoms with Gasteiger partial charge >= 0.3 is 5.97 Å². The Balaban J connectivity index is 1.38. The van der Waals surface area contributed by atoms with Gasteiger partial charge in [0.2, 0.25) is 11.8 Å². The maximum absolute atomic E-state index is 13.8. The second-order valence-electron chi connectivity index (χ2n) is 10.2. The molecule has 0 radical (unpaired) electrons. The largest absolute Gasteiger partial charge is 0.465 e. The van der Waals surface area contributed by atoms with Gasteiger partial charge in [-0.25, -0.2) is 4.79 Å². The Bertz CT molecular complexity index is 1400. The van der Waals surface area contributed by atoms with Crippen molar-refractivity contribution in [2.24, 2.45) is 0 Å². The van der Waals surface area contributed by atoms with Gasteiger partial charge in [-0.3, -0.25) is 9.59 Å². The molecule has 1 N–H and O–H groups in total. The van der Waals surface area contributed by atoms with Crippen molar-refractivity contribution in [1.82, 2.24) is 14.8 Å². The molecule has 2 aliphatic heterocycles. The summed E-state index contributed by atoms with van der Waals surface area (Å²) in [7, 11) is 1.35. The Morgan fingerprint density at radius 2 is 1.89 bits per heavy atom. The molecule has 0 spiro atoms. The van der Waals surface area contributed by atoms with Gasteiger partial charge in [0.15, 0.2) is 0 Å². The van der Waals surface area contributed by atoms with Gasteiger partial charge in [0.25, 0.3) is 0 Å². The van der Waals surface area contributed by atoms with E-state index in [9.17, 15) is 14.4 Å². The Labute approximate surface area is 216 Å². The Hall–Kier alpha value is -3.87. The molecule has 7 heteroatoms. The number of amides is 2. The first kappa shape index (κ1) is 23.5. The van der Waals surface area contributed by atoms with Crippen LogP contribution in [0.2, 0.25) is 0 Å². The van der Waals surface area contributed by atoms with E-state index in [0.717, 1.165) is 47.0 Å². The zero-order valence-corrected chi connectivity index (χ0v) is 21.0. The molecule has 3 heterocycles. The number of rotatable bonds is 5. The quantitative estimate of drug-likeness (QED) is 0.415. The molecule has 1 fully saturated rings. The second kappa shape index (κ2) is 9.54. The van der Waals surface area contributed by atoms with E-state index in [1.165, 1.54) is 25.5 Å². The first-order valence-electron chi connectivity index (χ1n) is 13.1. The molecule has 0 saturated carbocycles. The molecule has 1 unspecified atom stereocenters. The van der Waals surface area contributed by atoms with Crippen LogP contribution >= 0.6 is 0 Å². The number of piperazine rings is 1.